The fourth-order valence-electron chi connectivity index (χ4n) is 2.49. The van der Waals surface area contributed by atoms with Crippen molar-refractivity contribution in [3.05, 3.63) is 21.9 Å². The minimum absolute atomic E-state index is 0.543. The second-order valence-electron chi connectivity index (χ2n) is 4.89. The first kappa shape index (κ1) is 10.7. The average molecular weight is 273 g/mol. The lowest BCUT2D eigenvalue weighted by Crippen LogP contribution is -2.15. The molecule has 2 unspecified atom stereocenters. The number of alkyl halides is 1. The lowest BCUT2D eigenvalue weighted by molar-refractivity contribution is 0.336. The zero-order valence-electron chi connectivity index (χ0n) is 8.85. The summed E-state index contributed by atoms with van der Waals surface area (Å²) in [4.78, 5) is 2.20. The molecule has 0 saturated heterocycles. The van der Waals surface area contributed by atoms with Crippen LogP contribution in [0.4, 0.5) is 0 Å². The summed E-state index contributed by atoms with van der Waals surface area (Å²) < 4.78 is 0. The Hall–Kier alpha value is 0.180. The van der Waals surface area contributed by atoms with Crippen LogP contribution in [0.25, 0.3) is 0 Å². The maximum absolute atomic E-state index is 3.74. The number of aryl methyl sites for hydroxylation is 1. The van der Waals surface area contributed by atoms with E-state index in [0.29, 0.717) is 5.41 Å². The maximum Gasteiger partial charge on any atom is 0.0151 e. The van der Waals surface area contributed by atoms with Gasteiger partial charge in [0.05, 0.1) is 0 Å². The normalized spacial score (nSPS) is 32.4. The Kier molecular flexibility index (Phi) is 3.03. The molecule has 0 bridgehead atoms. The van der Waals surface area contributed by atoms with Crippen LogP contribution in [-0.2, 0) is 6.42 Å². The molecule has 1 aromatic rings. The minimum Gasteiger partial charge on any atom is -0.149 e. The first-order valence-electron chi connectivity index (χ1n) is 5.25. The van der Waals surface area contributed by atoms with Crippen LogP contribution in [0, 0.1) is 12.3 Å². The Morgan fingerprint density at radius 2 is 2.43 bits per heavy atom. The highest BCUT2D eigenvalue weighted by atomic mass is 79.9. The van der Waals surface area contributed by atoms with Gasteiger partial charge in [-0.05, 0) is 55.0 Å². The third-order valence-corrected chi connectivity index (χ3v) is 4.88. The summed E-state index contributed by atoms with van der Waals surface area (Å²) in [7, 11) is 0. The van der Waals surface area contributed by atoms with Crippen molar-refractivity contribution in [3.63, 3.8) is 0 Å². The van der Waals surface area contributed by atoms with Crippen LogP contribution >= 0.6 is 27.3 Å². The molecule has 0 aliphatic heterocycles. The van der Waals surface area contributed by atoms with Gasteiger partial charge in [-0.2, -0.15) is 0 Å². The van der Waals surface area contributed by atoms with Crippen molar-refractivity contribution in [2.24, 2.45) is 5.41 Å². The Labute approximate surface area is 98.9 Å². The van der Waals surface area contributed by atoms with Crippen LogP contribution < -0.4 is 0 Å². The number of halogens is 1. The maximum atomic E-state index is 3.74. The topological polar surface area (TPSA) is 0 Å². The molecular formula is C12H17BrS. The van der Waals surface area contributed by atoms with Crippen molar-refractivity contribution < 1.29 is 0 Å². The molecule has 14 heavy (non-hydrogen) atoms. The molecule has 0 spiro atoms. The van der Waals surface area contributed by atoms with Crippen molar-refractivity contribution in [2.45, 2.75) is 44.4 Å². The molecule has 78 valence electrons. The number of thiophene rings is 1. The average Bonchev–Trinajstić information content (AvgIpc) is 2.60. The summed E-state index contributed by atoms with van der Waals surface area (Å²) in [6, 6.07) is 2.34. The molecule has 2 rings (SSSR count). The van der Waals surface area contributed by atoms with Gasteiger partial charge in [0.1, 0.15) is 0 Å². The van der Waals surface area contributed by atoms with E-state index in [1.54, 1.807) is 0 Å². The molecule has 0 radical (unpaired) electrons. The van der Waals surface area contributed by atoms with Gasteiger partial charge in [0.15, 0.2) is 0 Å². The van der Waals surface area contributed by atoms with Crippen LogP contribution in [0.5, 0.6) is 0 Å². The van der Waals surface area contributed by atoms with E-state index in [1.807, 2.05) is 11.3 Å². The summed E-state index contributed by atoms with van der Waals surface area (Å²) >= 11 is 5.61. The van der Waals surface area contributed by atoms with Crippen molar-refractivity contribution in [1.29, 1.82) is 0 Å². The van der Waals surface area contributed by atoms with Crippen LogP contribution in [0.1, 0.15) is 36.6 Å². The summed E-state index contributed by atoms with van der Waals surface area (Å²) in [5, 5.41) is 2.32. The highest BCUT2D eigenvalue weighted by molar-refractivity contribution is 9.09. The van der Waals surface area contributed by atoms with Gasteiger partial charge < -0.3 is 0 Å². The Morgan fingerprint density at radius 3 is 2.93 bits per heavy atom. The summed E-state index contributed by atoms with van der Waals surface area (Å²) in [6.07, 6.45) is 5.32. The van der Waals surface area contributed by atoms with Gasteiger partial charge in [-0.15, -0.1) is 11.3 Å². The van der Waals surface area contributed by atoms with Crippen molar-refractivity contribution in [1.82, 2.24) is 0 Å². The van der Waals surface area contributed by atoms with E-state index in [-0.39, 0.29) is 0 Å². The molecule has 2 atom stereocenters. The van der Waals surface area contributed by atoms with E-state index >= 15 is 0 Å². The number of hydrogen-bond acceptors (Lipinski definition) is 1. The van der Waals surface area contributed by atoms with Crippen molar-refractivity contribution in [3.8, 4) is 0 Å². The molecule has 1 saturated carbocycles. The summed E-state index contributed by atoms with van der Waals surface area (Å²) in [6.45, 7) is 4.62. The number of hydrogen-bond donors (Lipinski definition) is 0. The van der Waals surface area contributed by atoms with Crippen molar-refractivity contribution in [2.75, 3.05) is 0 Å². The SMILES string of the molecule is Cc1cc(CC2(C)CCC(Br)C2)cs1. The molecule has 1 heterocycles. The smallest absolute Gasteiger partial charge is 0.0151 e. The molecule has 1 aliphatic carbocycles. The van der Waals surface area contributed by atoms with Gasteiger partial charge >= 0.3 is 0 Å². The second-order valence-corrected chi connectivity index (χ2v) is 7.30. The Morgan fingerprint density at radius 1 is 1.64 bits per heavy atom. The predicted octanol–water partition coefficient (Wildman–Crippen LogP) is 4.55. The third kappa shape index (κ3) is 2.40. The zero-order valence-corrected chi connectivity index (χ0v) is 11.2. The van der Waals surface area contributed by atoms with Crippen LogP contribution in [0.15, 0.2) is 11.4 Å². The van der Waals surface area contributed by atoms with Gasteiger partial charge in [0, 0.05) is 9.70 Å². The van der Waals surface area contributed by atoms with Gasteiger partial charge in [-0.25, -0.2) is 0 Å². The fraction of sp³-hybridized carbons (Fsp3) is 0.667. The van der Waals surface area contributed by atoms with Crippen molar-refractivity contribution >= 4 is 27.3 Å². The van der Waals surface area contributed by atoms with Gasteiger partial charge in [-0.3, -0.25) is 0 Å². The Bertz CT molecular complexity index is 318. The standard InChI is InChI=1S/C12H17BrS/c1-9-5-10(8-14-9)6-12(2)4-3-11(13)7-12/h5,8,11H,3-4,6-7H2,1-2H3. The Balaban J connectivity index is 2.03. The summed E-state index contributed by atoms with van der Waals surface area (Å²) in [5.74, 6) is 0. The molecule has 0 N–H and O–H groups in total. The van der Waals surface area contributed by atoms with E-state index in [1.165, 1.54) is 36.1 Å². The number of rotatable bonds is 2. The third-order valence-electron chi connectivity index (χ3n) is 3.19. The highest BCUT2D eigenvalue weighted by Gasteiger charge is 2.33. The van der Waals surface area contributed by atoms with Gasteiger partial charge in [0.25, 0.3) is 0 Å². The van der Waals surface area contributed by atoms with E-state index in [9.17, 15) is 0 Å². The predicted molar refractivity (Wildman–Crippen MR) is 67.4 cm³/mol. The van der Waals surface area contributed by atoms with Gasteiger partial charge in [-0.1, -0.05) is 22.9 Å². The zero-order chi connectivity index (χ0) is 10.2. The van der Waals surface area contributed by atoms with Gasteiger partial charge in [0.2, 0.25) is 0 Å². The molecule has 0 nitrogen and oxygen atoms in total. The molecule has 0 amide bonds. The molecule has 1 aromatic heterocycles. The lowest BCUT2D eigenvalue weighted by Gasteiger charge is -2.22. The molecular weight excluding hydrogens is 256 g/mol. The van der Waals surface area contributed by atoms with Crippen LogP contribution in [-0.4, -0.2) is 4.83 Å². The molecule has 0 aromatic carbocycles. The highest BCUT2D eigenvalue weighted by Crippen LogP contribution is 2.43. The lowest BCUT2D eigenvalue weighted by atomic mass is 9.83. The largest absolute Gasteiger partial charge is 0.149 e. The van der Waals surface area contributed by atoms with Crippen LogP contribution in [0.2, 0.25) is 0 Å². The minimum atomic E-state index is 0.543. The second kappa shape index (κ2) is 3.97. The first-order valence-corrected chi connectivity index (χ1v) is 7.05. The first-order chi connectivity index (χ1) is 6.57. The van der Waals surface area contributed by atoms with Crippen LogP contribution in [0.3, 0.4) is 0 Å². The fourth-order valence-corrected chi connectivity index (χ4v) is 4.21. The summed E-state index contributed by atoms with van der Waals surface area (Å²) in [5.41, 5.74) is 2.08. The van der Waals surface area contributed by atoms with E-state index in [4.69, 9.17) is 0 Å². The monoisotopic (exact) mass is 272 g/mol. The molecule has 2 heteroatoms. The van der Waals surface area contributed by atoms with E-state index in [0.717, 1.165) is 4.83 Å². The van der Waals surface area contributed by atoms with E-state index < -0.39 is 0 Å². The quantitative estimate of drug-likeness (QED) is 0.693. The molecule has 1 aliphatic rings. The molecule has 1 fully saturated rings. The van der Waals surface area contributed by atoms with E-state index in [2.05, 4.69) is 41.2 Å².